The lowest BCUT2D eigenvalue weighted by Gasteiger charge is -2.34. The van der Waals surface area contributed by atoms with E-state index in [1.54, 1.807) is 0 Å². The highest BCUT2D eigenvalue weighted by Crippen LogP contribution is 2.41. The number of phenols is 1. The van der Waals surface area contributed by atoms with E-state index in [1.165, 1.54) is 0 Å². The SMILES string of the molecule is Cc1cc(CCC(=O)NN)cc(C(C)(C)CC(C)(C)C)c1O. The molecule has 1 rings (SSSR count). The summed E-state index contributed by atoms with van der Waals surface area (Å²) in [5.74, 6) is 5.30. The number of carbonyl (C=O) groups excluding carboxylic acids is 1. The fraction of sp³-hybridized carbons (Fsp3) is 0.611. The van der Waals surface area contributed by atoms with Crippen molar-refractivity contribution in [1.29, 1.82) is 0 Å². The number of hydrogen-bond donors (Lipinski definition) is 3. The van der Waals surface area contributed by atoms with E-state index in [0.29, 0.717) is 18.6 Å². The Morgan fingerprint density at radius 1 is 1.23 bits per heavy atom. The Hall–Kier alpha value is -1.55. The second kappa shape index (κ2) is 6.69. The monoisotopic (exact) mass is 306 g/mol. The molecule has 0 bridgehead atoms. The summed E-state index contributed by atoms with van der Waals surface area (Å²) in [5, 5.41) is 10.5. The van der Waals surface area contributed by atoms with Gasteiger partial charge in [0, 0.05) is 12.0 Å². The molecular formula is C18H30N2O2. The maximum Gasteiger partial charge on any atom is 0.234 e. The van der Waals surface area contributed by atoms with Gasteiger partial charge in [-0.15, -0.1) is 0 Å². The van der Waals surface area contributed by atoms with E-state index in [1.807, 2.05) is 19.1 Å². The molecule has 0 heterocycles. The summed E-state index contributed by atoms with van der Waals surface area (Å²) in [6.45, 7) is 12.8. The summed E-state index contributed by atoms with van der Waals surface area (Å²) in [4.78, 5) is 11.3. The highest BCUT2D eigenvalue weighted by molar-refractivity contribution is 5.75. The number of nitrogens with one attached hydrogen (secondary N) is 1. The molecule has 22 heavy (non-hydrogen) atoms. The zero-order chi connectivity index (χ0) is 17.1. The van der Waals surface area contributed by atoms with Crippen LogP contribution in [0.3, 0.4) is 0 Å². The van der Waals surface area contributed by atoms with Gasteiger partial charge in [-0.1, -0.05) is 46.8 Å². The normalized spacial score (nSPS) is 12.3. The Morgan fingerprint density at radius 2 is 1.82 bits per heavy atom. The van der Waals surface area contributed by atoms with Crippen LogP contribution in [0.15, 0.2) is 12.1 Å². The van der Waals surface area contributed by atoms with Gasteiger partial charge < -0.3 is 5.11 Å². The molecule has 4 nitrogen and oxygen atoms in total. The second-order valence-electron chi connectivity index (χ2n) is 8.00. The molecule has 0 aliphatic heterocycles. The molecule has 0 radical (unpaired) electrons. The lowest BCUT2D eigenvalue weighted by atomic mass is 9.71. The number of aryl methyl sites for hydroxylation is 2. The summed E-state index contributed by atoms with van der Waals surface area (Å²) in [6.07, 6.45) is 1.92. The fourth-order valence-electron chi connectivity index (χ4n) is 3.27. The highest BCUT2D eigenvalue weighted by Gasteiger charge is 2.30. The smallest absolute Gasteiger partial charge is 0.234 e. The predicted octanol–water partition coefficient (Wildman–Crippen LogP) is 3.34. The Labute approximate surface area is 134 Å². The van der Waals surface area contributed by atoms with Gasteiger partial charge in [-0.2, -0.15) is 0 Å². The number of hydrazine groups is 1. The minimum atomic E-state index is -0.179. The van der Waals surface area contributed by atoms with Gasteiger partial charge in [0.25, 0.3) is 0 Å². The number of nitrogens with two attached hydrogens (primary N) is 1. The molecule has 1 amide bonds. The van der Waals surface area contributed by atoms with E-state index in [0.717, 1.165) is 23.1 Å². The molecule has 0 atom stereocenters. The molecule has 1 aromatic rings. The summed E-state index contributed by atoms with van der Waals surface area (Å²) in [5.41, 5.74) is 5.03. The third-order valence-corrected chi connectivity index (χ3v) is 3.86. The van der Waals surface area contributed by atoms with Crippen LogP contribution in [-0.2, 0) is 16.6 Å². The largest absolute Gasteiger partial charge is 0.507 e. The molecule has 0 spiro atoms. The third kappa shape index (κ3) is 5.02. The maximum atomic E-state index is 11.3. The van der Waals surface area contributed by atoms with Gasteiger partial charge in [0.2, 0.25) is 5.91 Å². The molecule has 0 fully saturated rings. The Bertz CT molecular complexity index is 543. The molecule has 124 valence electrons. The number of phenolic OH excluding ortho intramolecular Hbond substituents is 1. The minimum Gasteiger partial charge on any atom is -0.507 e. The van der Waals surface area contributed by atoms with Crippen molar-refractivity contribution >= 4 is 5.91 Å². The van der Waals surface area contributed by atoms with Crippen LogP contribution in [0.4, 0.5) is 0 Å². The van der Waals surface area contributed by atoms with Crippen LogP contribution in [0, 0.1) is 12.3 Å². The first-order valence-corrected chi connectivity index (χ1v) is 7.79. The van der Waals surface area contributed by atoms with Crippen molar-refractivity contribution in [2.45, 2.75) is 66.2 Å². The van der Waals surface area contributed by atoms with E-state index < -0.39 is 0 Å². The van der Waals surface area contributed by atoms with Crippen molar-refractivity contribution in [2.24, 2.45) is 11.3 Å². The van der Waals surface area contributed by atoms with Crippen LogP contribution < -0.4 is 11.3 Å². The van der Waals surface area contributed by atoms with Crippen LogP contribution in [0.2, 0.25) is 0 Å². The maximum absolute atomic E-state index is 11.3. The number of amides is 1. The van der Waals surface area contributed by atoms with E-state index in [9.17, 15) is 9.90 Å². The first-order chi connectivity index (χ1) is 9.96. The Morgan fingerprint density at radius 3 is 2.32 bits per heavy atom. The first-order valence-electron chi connectivity index (χ1n) is 7.79. The number of hydrogen-bond acceptors (Lipinski definition) is 3. The highest BCUT2D eigenvalue weighted by atomic mass is 16.3. The van der Waals surface area contributed by atoms with Crippen molar-refractivity contribution in [1.82, 2.24) is 5.43 Å². The van der Waals surface area contributed by atoms with Crippen LogP contribution in [-0.4, -0.2) is 11.0 Å². The molecule has 0 saturated carbocycles. The van der Waals surface area contributed by atoms with Crippen LogP contribution >= 0.6 is 0 Å². The number of carbonyl (C=O) groups is 1. The minimum absolute atomic E-state index is 0.140. The average molecular weight is 306 g/mol. The fourth-order valence-corrected chi connectivity index (χ4v) is 3.27. The van der Waals surface area contributed by atoms with Crippen LogP contribution in [0.1, 0.15) is 64.2 Å². The van der Waals surface area contributed by atoms with Crippen LogP contribution in [0.5, 0.6) is 5.75 Å². The molecule has 0 aliphatic rings. The Balaban J connectivity index is 3.13. The molecule has 4 N–H and O–H groups in total. The van der Waals surface area contributed by atoms with Gasteiger partial charge in [-0.25, -0.2) is 5.84 Å². The van der Waals surface area contributed by atoms with Crippen LogP contribution in [0.25, 0.3) is 0 Å². The number of rotatable bonds is 5. The van der Waals surface area contributed by atoms with Crippen molar-refractivity contribution in [3.63, 3.8) is 0 Å². The summed E-state index contributed by atoms with van der Waals surface area (Å²) in [6, 6.07) is 3.97. The molecule has 0 aliphatic carbocycles. The Kier molecular flexibility index (Phi) is 5.63. The number of benzene rings is 1. The standard InChI is InChI=1S/C18H30N2O2/c1-12-9-13(7-8-15(21)20-19)10-14(16(12)22)18(5,6)11-17(2,3)4/h9-10,22H,7-8,11,19H2,1-6H3,(H,20,21). The summed E-state index contributed by atoms with van der Waals surface area (Å²) >= 11 is 0. The average Bonchev–Trinajstić information content (AvgIpc) is 2.36. The lowest BCUT2D eigenvalue weighted by Crippen LogP contribution is -2.30. The van der Waals surface area contributed by atoms with Gasteiger partial charge in [-0.05, 0) is 41.7 Å². The van der Waals surface area contributed by atoms with E-state index in [-0.39, 0.29) is 16.7 Å². The van der Waals surface area contributed by atoms with E-state index >= 15 is 0 Å². The van der Waals surface area contributed by atoms with Crippen molar-refractivity contribution in [2.75, 3.05) is 0 Å². The molecule has 0 saturated heterocycles. The van der Waals surface area contributed by atoms with Crippen molar-refractivity contribution in [3.8, 4) is 5.75 Å². The lowest BCUT2D eigenvalue weighted by molar-refractivity contribution is -0.121. The van der Waals surface area contributed by atoms with Gasteiger partial charge in [0.15, 0.2) is 0 Å². The predicted molar refractivity (Wildman–Crippen MR) is 90.6 cm³/mol. The van der Waals surface area contributed by atoms with Crippen molar-refractivity contribution < 1.29 is 9.90 Å². The van der Waals surface area contributed by atoms with Gasteiger partial charge in [0.1, 0.15) is 5.75 Å². The molecular weight excluding hydrogens is 276 g/mol. The quantitative estimate of drug-likeness (QED) is 0.444. The third-order valence-electron chi connectivity index (χ3n) is 3.86. The van der Waals surface area contributed by atoms with E-state index in [4.69, 9.17) is 5.84 Å². The number of aromatic hydroxyl groups is 1. The first kappa shape index (κ1) is 18.5. The zero-order valence-electron chi connectivity index (χ0n) is 14.7. The molecule has 1 aromatic carbocycles. The molecule has 4 heteroatoms. The summed E-state index contributed by atoms with van der Waals surface area (Å²) in [7, 11) is 0. The van der Waals surface area contributed by atoms with Gasteiger partial charge >= 0.3 is 0 Å². The van der Waals surface area contributed by atoms with Gasteiger partial charge in [-0.3, -0.25) is 10.2 Å². The van der Waals surface area contributed by atoms with Gasteiger partial charge in [0.05, 0.1) is 0 Å². The molecule has 0 unspecified atom stereocenters. The second-order valence-corrected chi connectivity index (χ2v) is 8.00. The van der Waals surface area contributed by atoms with E-state index in [2.05, 4.69) is 40.0 Å². The topological polar surface area (TPSA) is 75.4 Å². The molecule has 0 aromatic heterocycles. The van der Waals surface area contributed by atoms with Crippen molar-refractivity contribution in [3.05, 3.63) is 28.8 Å². The zero-order valence-corrected chi connectivity index (χ0v) is 14.7. The summed E-state index contributed by atoms with van der Waals surface area (Å²) < 4.78 is 0.